The van der Waals surface area contributed by atoms with Gasteiger partial charge in [0.1, 0.15) is 0 Å². The van der Waals surface area contributed by atoms with Crippen LogP contribution in [0.4, 0.5) is 0 Å². The molecule has 78 valence electrons. The van der Waals surface area contributed by atoms with Crippen LogP contribution in [0, 0.1) is 0 Å². The molecule has 0 aromatic carbocycles. The van der Waals surface area contributed by atoms with Gasteiger partial charge < -0.3 is 5.48 Å². The van der Waals surface area contributed by atoms with Crippen LogP contribution in [-0.4, -0.2) is 5.48 Å². The number of hydrogen-bond acceptors (Lipinski definition) is 0. The van der Waals surface area contributed by atoms with Crippen molar-refractivity contribution in [2.75, 3.05) is 0 Å². The van der Waals surface area contributed by atoms with Crippen molar-refractivity contribution < 1.29 is 5.48 Å². The molecule has 0 radical (unpaired) electrons. The second kappa shape index (κ2) is 9.79. The maximum absolute atomic E-state index is 2.38. The van der Waals surface area contributed by atoms with Crippen LogP contribution >= 0.6 is 0 Å². The Labute approximate surface area is 82.5 Å². The maximum atomic E-state index is 2.38. The van der Waals surface area contributed by atoms with Crippen LogP contribution in [0.5, 0.6) is 0 Å². The predicted molar refractivity (Wildman–Crippen MR) is 58.9 cm³/mol. The summed E-state index contributed by atoms with van der Waals surface area (Å²) < 4.78 is 0. The fraction of sp³-hybridized carbons (Fsp3) is 0.833. The minimum Gasteiger partial charge on any atom is -0.412 e. The lowest BCUT2D eigenvalue weighted by Gasteiger charge is -2.02. The van der Waals surface area contributed by atoms with E-state index in [9.17, 15) is 0 Å². The molecule has 1 aliphatic carbocycles. The zero-order valence-corrected chi connectivity index (χ0v) is 8.73. The molecular formula is C12H24O. The summed E-state index contributed by atoms with van der Waals surface area (Å²) in [5, 5.41) is 0. The Hall–Kier alpha value is -0.300. The lowest BCUT2D eigenvalue weighted by atomic mass is 10.0. The van der Waals surface area contributed by atoms with E-state index in [-0.39, 0.29) is 5.48 Å². The van der Waals surface area contributed by atoms with Gasteiger partial charge in [0.15, 0.2) is 0 Å². The van der Waals surface area contributed by atoms with Crippen molar-refractivity contribution in [2.24, 2.45) is 0 Å². The predicted octanol–water partition coefficient (Wildman–Crippen LogP) is 3.63. The smallest absolute Gasteiger partial charge is 0.0351 e. The molecule has 0 aromatic rings. The zero-order valence-electron chi connectivity index (χ0n) is 8.73. The van der Waals surface area contributed by atoms with Gasteiger partial charge in [0.2, 0.25) is 0 Å². The Morgan fingerprint density at radius 1 is 0.462 bits per heavy atom. The topological polar surface area (TPSA) is 31.5 Å². The zero-order chi connectivity index (χ0) is 8.49. The highest BCUT2D eigenvalue weighted by Gasteiger charge is 1.92. The Bertz CT molecular complexity index is 104. The summed E-state index contributed by atoms with van der Waals surface area (Å²) >= 11 is 0. The van der Waals surface area contributed by atoms with Crippen molar-refractivity contribution in [1.82, 2.24) is 0 Å². The third-order valence-electron chi connectivity index (χ3n) is 2.66. The van der Waals surface area contributed by atoms with E-state index in [0.29, 0.717) is 0 Å². The van der Waals surface area contributed by atoms with Gasteiger partial charge in [-0.1, -0.05) is 50.7 Å². The minimum absolute atomic E-state index is 0. The molecule has 1 rings (SSSR count). The monoisotopic (exact) mass is 184 g/mol. The van der Waals surface area contributed by atoms with Crippen molar-refractivity contribution in [1.29, 1.82) is 0 Å². The van der Waals surface area contributed by atoms with Crippen LogP contribution in [0.3, 0.4) is 0 Å². The van der Waals surface area contributed by atoms with Crippen LogP contribution in [0.25, 0.3) is 0 Å². The third-order valence-corrected chi connectivity index (χ3v) is 2.66. The first kappa shape index (κ1) is 12.7. The van der Waals surface area contributed by atoms with E-state index in [1.807, 2.05) is 0 Å². The lowest BCUT2D eigenvalue weighted by Crippen LogP contribution is -1.82. The Morgan fingerprint density at radius 2 is 0.769 bits per heavy atom. The number of hydrogen-bond donors (Lipinski definition) is 0. The SMILES string of the molecule is C1=CCCCCCCCCCC1.O. The fourth-order valence-corrected chi connectivity index (χ4v) is 1.82. The molecule has 0 heterocycles. The van der Waals surface area contributed by atoms with Crippen molar-refractivity contribution in [2.45, 2.75) is 64.2 Å². The Kier molecular flexibility index (Phi) is 9.56. The molecule has 0 spiro atoms. The summed E-state index contributed by atoms with van der Waals surface area (Å²) in [6, 6.07) is 0. The van der Waals surface area contributed by atoms with E-state index >= 15 is 0 Å². The highest BCUT2D eigenvalue weighted by Crippen LogP contribution is 2.12. The van der Waals surface area contributed by atoms with Crippen molar-refractivity contribution in [3.8, 4) is 0 Å². The molecular weight excluding hydrogens is 160 g/mol. The van der Waals surface area contributed by atoms with Crippen molar-refractivity contribution >= 4 is 0 Å². The molecule has 0 fully saturated rings. The van der Waals surface area contributed by atoms with Gasteiger partial charge in [-0.15, -0.1) is 0 Å². The van der Waals surface area contributed by atoms with Gasteiger partial charge in [0, 0.05) is 0 Å². The van der Waals surface area contributed by atoms with Crippen molar-refractivity contribution in [3.05, 3.63) is 12.2 Å². The molecule has 1 aliphatic rings. The van der Waals surface area contributed by atoms with E-state index in [4.69, 9.17) is 0 Å². The maximum Gasteiger partial charge on any atom is -0.0351 e. The largest absolute Gasteiger partial charge is 0.412 e. The van der Waals surface area contributed by atoms with E-state index in [1.165, 1.54) is 64.2 Å². The van der Waals surface area contributed by atoms with Gasteiger partial charge in [-0.25, -0.2) is 0 Å². The van der Waals surface area contributed by atoms with Crippen LogP contribution in [0.2, 0.25) is 0 Å². The molecule has 0 atom stereocenters. The lowest BCUT2D eigenvalue weighted by molar-refractivity contribution is 0.566. The van der Waals surface area contributed by atoms with Crippen molar-refractivity contribution in [3.63, 3.8) is 0 Å². The molecule has 0 amide bonds. The first-order chi connectivity index (χ1) is 6.00. The highest BCUT2D eigenvalue weighted by atomic mass is 16.0. The molecule has 0 unspecified atom stereocenters. The molecule has 0 saturated heterocycles. The average Bonchev–Trinajstić information content (AvgIpc) is 2.05. The van der Waals surface area contributed by atoms with Gasteiger partial charge in [0.25, 0.3) is 0 Å². The Morgan fingerprint density at radius 3 is 1.15 bits per heavy atom. The van der Waals surface area contributed by atoms with E-state index < -0.39 is 0 Å². The molecule has 13 heavy (non-hydrogen) atoms. The highest BCUT2D eigenvalue weighted by molar-refractivity contribution is 4.81. The second-order valence-corrected chi connectivity index (χ2v) is 3.88. The van der Waals surface area contributed by atoms with Gasteiger partial charge in [-0.2, -0.15) is 0 Å². The Balaban J connectivity index is 0.00000144. The second-order valence-electron chi connectivity index (χ2n) is 3.88. The van der Waals surface area contributed by atoms with Gasteiger partial charge in [0.05, 0.1) is 0 Å². The summed E-state index contributed by atoms with van der Waals surface area (Å²) in [6.07, 6.45) is 19.0. The molecule has 0 saturated carbocycles. The molecule has 0 aromatic heterocycles. The van der Waals surface area contributed by atoms with Gasteiger partial charge in [-0.3, -0.25) is 0 Å². The van der Waals surface area contributed by atoms with Crippen LogP contribution in [-0.2, 0) is 0 Å². The molecule has 1 nitrogen and oxygen atoms in total. The minimum atomic E-state index is 0. The third kappa shape index (κ3) is 8.04. The molecule has 2 N–H and O–H groups in total. The summed E-state index contributed by atoms with van der Waals surface area (Å²) in [6.45, 7) is 0. The van der Waals surface area contributed by atoms with Crippen LogP contribution < -0.4 is 0 Å². The summed E-state index contributed by atoms with van der Waals surface area (Å²) in [5.41, 5.74) is 0. The summed E-state index contributed by atoms with van der Waals surface area (Å²) in [5.74, 6) is 0. The van der Waals surface area contributed by atoms with Crippen LogP contribution in [0.15, 0.2) is 12.2 Å². The number of rotatable bonds is 0. The van der Waals surface area contributed by atoms with E-state index in [1.54, 1.807) is 0 Å². The van der Waals surface area contributed by atoms with Gasteiger partial charge in [-0.05, 0) is 25.7 Å². The van der Waals surface area contributed by atoms with E-state index in [2.05, 4.69) is 12.2 Å². The standard InChI is InChI=1S/C12H22.H2O/c1-2-4-6-8-10-12-11-9-7-5-3-1;/h1-2H,3-12H2;1H2. The average molecular weight is 184 g/mol. The normalized spacial score (nSPS) is 20.9. The molecule has 0 aliphatic heterocycles. The molecule has 1 heteroatoms. The molecule has 0 bridgehead atoms. The fourth-order valence-electron chi connectivity index (χ4n) is 1.82. The first-order valence-corrected chi connectivity index (χ1v) is 5.65. The van der Waals surface area contributed by atoms with Crippen LogP contribution in [0.1, 0.15) is 64.2 Å². The number of allylic oxidation sites excluding steroid dienone is 2. The summed E-state index contributed by atoms with van der Waals surface area (Å²) in [4.78, 5) is 0. The van der Waals surface area contributed by atoms with E-state index in [0.717, 1.165) is 0 Å². The quantitative estimate of drug-likeness (QED) is 0.515. The van der Waals surface area contributed by atoms with Gasteiger partial charge >= 0.3 is 0 Å². The summed E-state index contributed by atoms with van der Waals surface area (Å²) in [7, 11) is 0. The first-order valence-electron chi connectivity index (χ1n) is 5.65.